The molecular weight excluding hydrogens is 300 g/mol. The van der Waals surface area contributed by atoms with Crippen molar-refractivity contribution in [1.29, 1.82) is 0 Å². The van der Waals surface area contributed by atoms with Gasteiger partial charge in [-0.2, -0.15) is 0 Å². The number of nitrogens with zero attached hydrogens (tertiary/aromatic N) is 2. The molecule has 2 saturated heterocycles. The number of aliphatic hydroxyl groups excluding tert-OH is 1. The molecular formula is C20H28N2O2. The quantitative estimate of drug-likeness (QED) is 0.903. The van der Waals surface area contributed by atoms with Crippen molar-refractivity contribution in [2.24, 2.45) is 5.41 Å². The number of likely N-dealkylation sites (tertiary alicyclic amines) is 2. The number of hydrogen-bond acceptors (Lipinski definition) is 3. The zero-order chi connectivity index (χ0) is 17.0. The Morgan fingerprint density at radius 1 is 1.25 bits per heavy atom. The number of aliphatic hydroxyl groups is 1. The number of β-amino-alcohol motifs (C(OH)–C–C–N with tert-alkyl or cyclic N) is 1. The third-order valence-electron chi connectivity index (χ3n) is 5.28. The minimum atomic E-state index is -0.274. The lowest BCUT2D eigenvalue weighted by atomic mass is 9.77. The van der Waals surface area contributed by atoms with Gasteiger partial charge >= 0.3 is 0 Å². The van der Waals surface area contributed by atoms with Crippen molar-refractivity contribution in [2.75, 3.05) is 32.7 Å². The lowest BCUT2D eigenvalue weighted by Crippen LogP contribution is -2.43. The lowest BCUT2D eigenvalue weighted by molar-refractivity contribution is -0.127. The zero-order valence-electron chi connectivity index (χ0n) is 14.5. The zero-order valence-corrected chi connectivity index (χ0v) is 14.5. The molecule has 1 aromatic carbocycles. The van der Waals surface area contributed by atoms with Crippen LogP contribution in [0.2, 0.25) is 0 Å². The molecule has 0 saturated carbocycles. The van der Waals surface area contributed by atoms with Crippen molar-refractivity contribution in [3.8, 4) is 0 Å². The van der Waals surface area contributed by atoms with Gasteiger partial charge in [-0.1, -0.05) is 42.5 Å². The summed E-state index contributed by atoms with van der Waals surface area (Å²) in [5.41, 5.74) is 1.33. The highest BCUT2D eigenvalue weighted by Gasteiger charge is 2.44. The number of carbonyl (C=O) groups excluding carboxylic acids is 1. The van der Waals surface area contributed by atoms with Gasteiger partial charge in [0.2, 0.25) is 5.91 Å². The van der Waals surface area contributed by atoms with Crippen LogP contribution in [-0.2, 0) is 4.79 Å². The first-order valence-electron chi connectivity index (χ1n) is 8.96. The second kappa shape index (κ2) is 7.49. The Morgan fingerprint density at radius 2 is 1.96 bits per heavy atom. The molecule has 2 aliphatic heterocycles. The Labute approximate surface area is 144 Å². The topological polar surface area (TPSA) is 43.8 Å². The summed E-state index contributed by atoms with van der Waals surface area (Å²) in [4.78, 5) is 16.7. The molecule has 0 aliphatic carbocycles. The Morgan fingerprint density at radius 3 is 2.62 bits per heavy atom. The first-order valence-corrected chi connectivity index (χ1v) is 8.96. The molecule has 1 spiro atoms. The van der Waals surface area contributed by atoms with E-state index in [0.29, 0.717) is 13.0 Å². The van der Waals surface area contributed by atoms with Gasteiger partial charge in [-0.05, 0) is 43.8 Å². The van der Waals surface area contributed by atoms with Crippen molar-refractivity contribution < 1.29 is 9.90 Å². The Hall–Kier alpha value is -1.65. The summed E-state index contributed by atoms with van der Waals surface area (Å²) in [6.07, 6.45) is 6.71. The van der Waals surface area contributed by atoms with E-state index in [0.717, 1.165) is 39.0 Å². The molecule has 1 aromatic rings. The van der Waals surface area contributed by atoms with Gasteiger partial charge in [0.15, 0.2) is 0 Å². The summed E-state index contributed by atoms with van der Waals surface area (Å²) >= 11 is 0. The fourth-order valence-corrected chi connectivity index (χ4v) is 3.95. The van der Waals surface area contributed by atoms with Crippen LogP contribution in [0.15, 0.2) is 36.4 Å². The van der Waals surface area contributed by atoms with Crippen molar-refractivity contribution in [3.05, 3.63) is 42.0 Å². The summed E-state index contributed by atoms with van der Waals surface area (Å²) in [6.45, 7) is 6.15. The van der Waals surface area contributed by atoms with E-state index in [9.17, 15) is 9.90 Å². The molecule has 2 aliphatic rings. The molecule has 1 N–H and O–H groups in total. The monoisotopic (exact) mass is 328 g/mol. The number of carbonyl (C=O) groups is 1. The van der Waals surface area contributed by atoms with Gasteiger partial charge in [-0.3, -0.25) is 4.79 Å². The molecule has 130 valence electrons. The summed E-state index contributed by atoms with van der Waals surface area (Å²) in [7, 11) is 0. The second-order valence-electron chi connectivity index (χ2n) is 7.41. The first kappa shape index (κ1) is 17.2. The Kier molecular flexibility index (Phi) is 5.36. The van der Waals surface area contributed by atoms with Crippen LogP contribution < -0.4 is 0 Å². The third-order valence-corrected chi connectivity index (χ3v) is 5.28. The van der Waals surface area contributed by atoms with Crippen LogP contribution in [0.3, 0.4) is 0 Å². The van der Waals surface area contributed by atoms with Crippen molar-refractivity contribution >= 4 is 12.0 Å². The first-order chi connectivity index (χ1) is 11.6. The number of amides is 1. The number of hydrogen-bond donors (Lipinski definition) is 1. The smallest absolute Gasteiger partial charge is 0.223 e. The predicted octanol–water partition coefficient (Wildman–Crippen LogP) is 2.40. The van der Waals surface area contributed by atoms with Gasteiger partial charge < -0.3 is 14.9 Å². The number of rotatable bonds is 5. The minimum absolute atomic E-state index is 0.160. The van der Waals surface area contributed by atoms with E-state index in [4.69, 9.17) is 0 Å². The molecule has 4 nitrogen and oxygen atoms in total. The van der Waals surface area contributed by atoms with Crippen LogP contribution in [0.1, 0.15) is 31.7 Å². The fourth-order valence-electron chi connectivity index (χ4n) is 3.95. The summed E-state index contributed by atoms with van der Waals surface area (Å²) in [5, 5.41) is 9.53. The van der Waals surface area contributed by atoms with Crippen LogP contribution in [0.5, 0.6) is 0 Å². The van der Waals surface area contributed by atoms with Gasteiger partial charge in [0.05, 0.1) is 6.10 Å². The van der Waals surface area contributed by atoms with E-state index >= 15 is 0 Å². The average Bonchev–Trinajstić information content (AvgIpc) is 2.86. The van der Waals surface area contributed by atoms with E-state index in [1.807, 2.05) is 30.0 Å². The highest BCUT2D eigenvalue weighted by atomic mass is 16.3. The van der Waals surface area contributed by atoms with Gasteiger partial charge in [0.25, 0.3) is 0 Å². The van der Waals surface area contributed by atoms with Crippen molar-refractivity contribution in [1.82, 2.24) is 9.80 Å². The van der Waals surface area contributed by atoms with Crippen LogP contribution in [0, 0.1) is 5.41 Å². The third kappa shape index (κ3) is 4.25. The molecule has 0 unspecified atom stereocenters. The van der Waals surface area contributed by atoms with Gasteiger partial charge in [0, 0.05) is 26.1 Å². The van der Waals surface area contributed by atoms with Crippen LogP contribution >= 0.6 is 0 Å². The maximum absolute atomic E-state index is 12.4. The molecule has 0 aromatic heterocycles. The van der Waals surface area contributed by atoms with Crippen molar-refractivity contribution in [2.45, 2.75) is 32.3 Å². The molecule has 0 radical (unpaired) electrons. The standard InChI is InChI=1S/C20H28N2O2/c1-17(23)15-21-12-9-20(10-13-21)14-19(24)22(16-20)11-5-8-18-6-3-2-4-7-18/h2-8,17,23H,9-16H2,1H3/b8-5+/t17-/m0/s1. The minimum Gasteiger partial charge on any atom is -0.392 e. The molecule has 24 heavy (non-hydrogen) atoms. The Bertz CT molecular complexity index is 575. The number of benzene rings is 1. The molecule has 3 rings (SSSR count). The van der Waals surface area contributed by atoms with Gasteiger partial charge in [0.1, 0.15) is 0 Å². The summed E-state index contributed by atoms with van der Waals surface area (Å²) in [6, 6.07) is 10.2. The SMILES string of the molecule is C[C@H](O)CN1CCC2(CC1)CC(=O)N(C/C=C/c1ccccc1)C2. The second-order valence-corrected chi connectivity index (χ2v) is 7.41. The van der Waals surface area contributed by atoms with Crippen molar-refractivity contribution in [3.63, 3.8) is 0 Å². The fraction of sp³-hybridized carbons (Fsp3) is 0.550. The van der Waals surface area contributed by atoms with Gasteiger partial charge in [-0.25, -0.2) is 0 Å². The van der Waals surface area contributed by atoms with E-state index in [1.54, 1.807) is 0 Å². The van der Waals surface area contributed by atoms with E-state index in [1.165, 1.54) is 5.56 Å². The van der Waals surface area contributed by atoms with E-state index in [2.05, 4.69) is 29.2 Å². The van der Waals surface area contributed by atoms with E-state index < -0.39 is 0 Å². The largest absolute Gasteiger partial charge is 0.392 e. The molecule has 1 amide bonds. The van der Waals surface area contributed by atoms with E-state index in [-0.39, 0.29) is 17.4 Å². The maximum atomic E-state index is 12.4. The Balaban J connectivity index is 1.52. The number of piperidine rings is 1. The van der Waals surface area contributed by atoms with Gasteiger partial charge in [-0.15, -0.1) is 0 Å². The molecule has 0 bridgehead atoms. The summed E-state index contributed by atoms with van der Waals surface area (Å²) < 4.78 is 0. The lowest BCUT2D eigenvalue weighted by Gasteiger charge is -2.39. The summed E-state index contributed by atoms with van der Waals surface area (Å²) in [5.74, 6) is 0.289. The highest BCUT2D eigenvalue weighted by Crippen LogP contribution is 2.40. The van der Waals surface area contributed by atoms with Crippen LogP contribution in [0.25, 0.3) is 6.08 Å². The molecule has 1 atom stereocenters. The van der Waals surface area contributed by atoms with Crippen LogP contribution in [0.4, 0.5) is 0 Å². The highest BCUT2D eigenvalue weighted by molar-refractivity contribution is 5.79. The van der Waals surface area contributed by atoms with Crippen LogP contribution in [-0.4, -0.2) is 59.6 Å². The maximum Gasteiger partial charge on any atom is 0.223 e. The predicted molar refractivity (Wildman–Crippen MR) is 96.5 cm³/mol. The molecule has 4 heteroatoms. The molecule has 2 heterocycles. The molecule has 2 fully saturated rings. The average molecular weight is 328 g/mol. The normalized spacial score (nSPS) is 22.6.